The molecule has 2 aromatic carbocycles. The number of nitrogens with one attached hydrogen (secondary N) is 2. The Kier molecular flexibility index (Phi) is 5.81. The number of benzene rings is 2. The summed E-state index contributed by atoms with van der Waals surface area (Å²) in [6.07, 6.45) is 0. The number of amides is 2. The monoisotopic (exact) mass is 337 g/mol. The Morgan fingerprint density at radius 2 is 1.75 bits per heavy atom. The van der Waals surface area contributed by atoms with Gasteiger partial charge in [0.25, 0.3) is 0 Å². The molecular formula is C17H18F3N3O. The number of hydrogen-bond acceptors (Lipinski definition) is 2. The van der Waals surface area contributed by atoms with Gasteiger partial charge in [-0.15, -0.1) is 0 Å². The summed E-state index contributed by atoms with van der Waals surface area (Å²) in [5.41, 5.74) is 1.54. The Morgan fingerprint density at radius 3 is 2.46 bits per heavy atom. The number of anilines is 1. The second-order valence-corrected chi connectivity index (χ2v) is 5.59. The zero-order valence-electron chi connectivity index (χ0n) is 13.4. The molecule has 0 saturated carbocycles. The highest BCUT2D eigenvalue weighted by Gasteiger charge is 2.15. The molecule has 0 aliphatic rings. The highest BCUT2D eigenvalue weighted by atomic mass is 19.2. The Bertz CT molecular complexity index is 735. The molecule has 0 aromatic heterocycles. The van der Waals surface area contributed by atoms with Crippen molar-refractivity contribution in [2.75, 3.05) is 19.4 Å². The average Bonchev–Trinajstić information content (AvgIpc) is 2.53. The van der Waals surface area contributed by atoms with Gasteiger partial charge in [0, 0.05) is 13.1 Å². The van der Waals surface area contributed by atoms with E-state index < -0.39 is 29.2 Å². The number of carbonyl (C=O) groups is 1. The molecule has 2 amide bonds. The van der Waals surface area contributed by atoms with Gasteiger partial charge in [0.15, 0.2) is 17.5 Å². The lowest BCUT2D eigenvalue weighted by atomic mass is 10.1. The molecule has 0 saturated heterocycles. The third-order valence-electron chi connectivity index (χ3n) is 3.23. The van der Waals surface area contributed by atoms with E-state index in [1.54, 1.807) is 0 Å². The fraction of sp³-hybridized carbons (Fsp3) is 0.235. The minimum absolute atomic E-state index is 0.221. The lowest BCUT2D eigenvalue weighted by molar-refractivity contribution is 0.251. The summed E-state index contributed by atoms with van der Waals surface area (Å²) in [5, 5.41) is 4.70. The van der Waals surface area contributed by atoms with Gasteiger partial charge in [0.05, 0.1) is 5.69 Å². The van der Waals surface area contributed by atoms with E-state index in [-0.39, 0.29) is 6.54 Å². The standard InChI is InChI=1S/C17H18F3N3O/c1-23(2)10-12-5-3-4-11(8-12)9-21-17(24)22-14-7-6-13(18)15(19)16(14)20/h3-8H,9-10H2,1-2H3,(H2,21,22,24). The van der Waals surface area contributed by atoms with Crippen LogP contribution in [0.4, 0.5) is 23.7 Å². The maximum absolute atomic E-state index is 13.5. The van der Waals surface area contributed by atoms with Gasteiger partial charge >= 0.3 is 6.03 Å². The fourth-order valence-electron chi connectivity index (χ4n) is 2.17. The number of rotatable bonds is 5. The first-order valence-corrected chi connectivity index (χ1v) is 7.27. The van der Waals surface area contributed by atoms with Crippen LogP contribution in [0.15, 0.2) is 36.4 Å². The molecule has 0 radical (unpaired) electrons. The van der Waals surface area contributed by atoms with Gasteiger partial charge in [-0.05, 0) is 37.4 Å². The fourth-order valence-corrected chi connectivity index (χ4v) is 2.17. The van der Waals surface area contributed by atoms with Gasteiger partial charge in [-0.1, -0.05) is 24.3 Å². The van der Waals surface area contributed by atoms with Crippen LogP contribution in [0, 0.1) is 17.5 Å². The normalized spacial score (nSPS) is 10.8. The van der Waals surface area contributed by atoms with Gasteiger partial charge in [-0.2, -0.15) is 0 Å². The maximum atomic E-state index is 13.5. The molecule has 2 N–H and O–H groups in total. The van der Waals surface area contributed by atoms with E-state index >= 15 is 0 Å². The van der Waals surface area contributed by atoms with Crippen LogP contribution in [0.1, 0.15) is 11.1 Å². The van der Waals surface area contributed by atoms with E-state index in [9.17, 15) is 18.0 Å². The van der Waals surface area contributed by atoms with Crippen molar-refractivity contribution in [2.45, 2.75) is 13.1 Å². The van der Waals surface area contributed by atoms with Gasteiger partial charge in [-0.25, -0.2) is 18.0 Å². The van der Waals surface area contributed by atoms with Crippen molar-refractivity contribution in [1.29, 1.82) is 0 Å². The Morgan fingerprint density at radius 1 is 1.04 bits per heavy atom. The topological polar surface area (TPSA) is 44.4 Å². The zero-order valence-corrected chi connectivity index (χ0v) is 13.4. The summed E-state index contributed by atoms with van der Waals surface area (Å²) in [6.45, 7) is 0.985. The number of carbonyl (C=O) groups excluding carboxylic acids is 1. The summed E-state index contributed by atoms with van der Waals surface area (Å²) in [5.74, 6) is -4.36. The number of urea groups is 1. The largest absolute Gasteiger partial charge is 0.334 e. The molecule has 0 atom stereocenters. The summed E-state index contributed by atoms with van der Waals surface area (Å²) in [4.78, 5) is 13.8. The average molecular weight is 337 g/mol. The molecule has 2 aromatic rings. The lowest BCUT2D eigenvalue weighted by Crippen LogP contribution is -2.28. The van der Waals surface area contributed by atoms with E-state index in [0.717, 1.165) is 29.8 Å². The molecule has 4 nitrogen and oxygen atoms in total. The van der Waals surface area contributed by atoms with E-state index in [2.05, 4.69) is 10.6 Å². The van der Waals surface area contributed by atoms with Crippen LogP contribution in [0.3, 0.4) is 0 Å². The van der Waals surface area contributed by atoms with Crippen LogP contribution in [0.5, 0.6) is 0 Å². The van der Waals surface area contributed by atoms with Crippen molar-refractivity contribution in [3.05, 3.63) is 65.0 Å². The highest BCUT2D eigenvalue weighted by molar-refractivity contribution is 5.89. The minimum atomic E-state index is -1.62. The predicted molar refractivity (Wildman–Crippen MR) is 86.0 cm³/mol. The zero-order chi connectivity index (χ0) is 17.7. The van der Waals surface area contributed by atoms with Crippen LogP contribution in [-0.2, 0) is 13.1 Å². The van der Waals surface area contributed by atoms with Crippen LogP contribution in [0.2, 0.25) is 0 Å². The molecule has 0 unspecified atom stereocenters. The number of hydrogen-bond donors (Lipinski definition) is 2. The van der Waals surface area contributed by atoms with Crippen molar-refractivity contribution < 1.29 is 18.0 Å². The minimum Gasteiger partial charge on any atom is -0.334 e. The third-order valence-corrected chi connectivity index (χ3v) is 3.23. The van der Waals surface area contributed by atoms with Crippen LogP contribution < -0.4 is 10.6 Å². The maximum Gasteiger partial charge on any atom is 0.319 e. The SMILES string of the molecule is CN(C)Cc1cccc(CNC(=O)Nc2ccc(F)c(F)c2F)c1. The van der Waals surface area contributed by atoms with Crippen LogP contribution in [0.25, 0.3) is 0 Å². The molecule has 0 aliphatic heterocycles. The summed E-state index contributed by atoms with van der Waals surface area (Å²) < 4.78 is 39.5. The summed E-state index contributed by atoms with van der Waals surface area (Å²) >= 11 is 0. The molecule has 0 bridgehead atoms. The van der Waals surface area contributed by atoms with E-state index in [1.807, 2.05) is 43.3 Å². The second-order valence-electron chi connectivity index (χ2n) is 5.59. The molecule has 128 valence electrons. The van der Waals surface area contributed by atoms with Gasteiger partial charge in [0.2, 0.25) is 0 Å². The van der Waals surface area contributed by atoms with Crippen molar-refractivity contribution in [1.82, 2.24) is 10.2 Å². The molecular weight excluding hydrogens is 319 g/mol. The number of nitrogens with zero attached hydrogens (tertiary/aromatic N) is 1. The van der Waals surface area contributed by atoms with Gasteiger partial charge in [0.1, 0.15) is 0 Å². The van der Waals surface area contributed by atoms with Gasteiger partial charge < -0.3 is 15.5 Å². The van der Waals surface area contributed by atoms with E-state index in [1.165, 1.54) is 0 Å². The Balaban J connectivity index is 1.95. The molecule has 2 rings (SSSR count). The molecule has 0 spiro atoms. The smallest absolute Gasteiger partial charge is 0.319 e. The lowest BCUT2D eigenvalue weighted by Gasteiger charge is -2.12. The predicted octanol–water partition coefficient (Wildman–Crippen LogP) is 3.49. The van der Waals surface area contributed by atoms with Crippen molar-refractivity contribution >= 4 is 11.7 Å². The van der Waals surface area contributed by atoms with Crippen molar-refractivity contribution in [3.63, 3.8) is 0 Å². The van der Waals surface area contributed by atoms with Crippen LogP contribution in [-0.4, -0.2) is 25.0 Å². The van der Waals surface area contributed by atoms with Crippen molar-refractivity contribution in [3.8, 4) is 0 Å². The van der Waals surface area contributed by atoms with Crippen molar-refractivity contribution in [2.24, 2.45) is 0 Å². The molecule has 0 heterocycles. The molecule has 0 fully saturated rings. The molecule has 0 aliphatic carbocycles. The Hall–Kier alpha value is -2.54. The summed E-state index contributed by atoms with van der Waals surface area (Å²) in [7, 11) is 3.91. The van der Waals surface area contributed by atoms with Crippen LogP contribution >= 0.6 is 0 Å². The van der Waals surface area contributed by atoms with Gasteiger partial charge in [-0.3, -0.25) is 0 Å². The molecule has 7 heteroatoms. The quantitative estimate of drug-likeness (QED) is 0.821. The first kappa shape index (κ1) is 17.8. The first-order valence-electron chi connectivity index (χ1n) is 7.27. The number of halogens is 3. The van der Waals surface area contributed by atoms with E-state index in [4.69, 9.17) is 0 Å². The summed E-state index contributed by atoms with van der Waals surface area (Å²) in [6, 6.07) is 8.64. The third kappa shape index (κ3) is 4.73. The van der Waals surface area contributed by atoms with E-state index in [0.29, 0.717) is 0 Å². The first-order chi connectivity index (χ1) is 11.4. The second kappa shape index (κ2) is 7.83. The highest BCUT2D eigenvalue weighted by Crippen LogP contribution is 2.19. The molecule has 24 heavy (non-hydrogen) atoms. The Labute approximate surface area is 138 Å².